The maximum Gasteiger partial charge on any atom is 0.522 e. The first-order valence-electron chi connectivity index (χ1n) is 21.2. The molecule has 19 heteroatoms. The summed E-state index contributed by atoms with van der Waals surface area (Å²) in [6.45, 7) is 8.39. The number of amides is 1. The molecule has 5 aromatic rings. The van der Waals surface area contributed by atoms with Crippen molar-refractivity contribution in [3.63, 3.8) is 0 Å². The van der Waals surface area contributed by atoms with Crippen LogP contribution in [-0.4, -0.2) is 83.5 Å². The van der Waals surface area contributed by atoms with E-state index in [-0.39, 0.29) is 35.5 Å². The van der Waals surface area contributed by atoms with Crippen molar-refractivity contribution in [1.29, 1.82) is 0 Å². The van der Waals surface area contributed by atoms with Crippen molar-refractivity contribution in [2.24, 2.45) is 19.5 Å². The van der Waals surface area contributed by atoms with Crippen LogP contribution in [0.4, 0.5) is 37.7 Å². The molecule has 2 aliphatic rings. The molecule has 7 rings (SSSR count). The van der Waals surface area contributed by atoms with Crippen molar-refractivity contribution in [3.05, 3.63) is 98.6 Å². The number of aromatic nitrogens is 4. The van der Waals surface area contributed by atoms with E-state index in [9.17, 15) is 40.7 Å². The Morgan fingerprint density at radius 1 is 0.723 bits per heavy atom. The number of halogens is 6. The number of rotatable bonds is 12. The molecule has 2 saturated heterocycles. The van der Waals surface area contributed by atoms with E-state index in [1.807, 2.05) is 35.8 Å². The average Bonchev–Trinajstić information content (AvgIpc) is 3.62. The van der Waals surface area contributed by atoms with Crippen LogP contribution in [0.2, 0.25) is 0 Å². The van der Waals surface area contributed by atoms with Gasteiger partial charge >= 0.3 is 12.7 Å². The maximum atomic E-state index is 13.0. The van der Waals surface area contributed by atoms with Crippen LogP contribution in [0.3, 0.4) is 0 Å². The number of aryl methyl sites for hydroxylation is 4. The fourth-order valence-electron chi connectivity index (χ4n) is 8.01. The van der Waals surface area contributed by atoms with Gasteiger partial charge in [-0.05, 0) is 98.2 Å². The van der Waals surface area contributed by atoms with Gasteiger partial charge in [-0.15, -0.1) is 26.3 Å². The first-order valence-corrected chi connectivity index (χ1v) is 21.2. The van der Waals surface area contributed by atoms with Crippen molar-refractivity contribution >= 4 is 28.3 Å². The number of carbonyl (C=O) groups is 1. The van der Waals surface area contributed by atoms with Gasteiger partial charge in [-0.25, -0.2) is 4.98 Å². The quantitative estimate of drug-likeness (QED) is 0.0934. The van der Waals surface area contributed by atoms with Gasteiger partial charge in [-0.2, -0.15) is 0 Å². The Kier molecular flexibility index (Phi) is 15.0. The van der Waals surface area contributed by atoms with Crippen molar-refractivity contribution in [3.8, 4) is 22.3 Å². The highest BCUT2D eigenvalue weighted by Crippen LogP contribution is 2.38. The lowest BCUT2D eigenvalue weighted by molar-refractivity contribution is -0.325. The number of hydrogen-bond donors (Lipinski definition) is 2. The minimum Gasteiger partial charge on any atom is -0.381 e. The van der Waals surface area contributed by atoms with Crippen LogP contribution in [0.1, 0.15) is 56.5 Å². The second kappa shape index (κ2) is 19.9. The highest BCUT2D eigenvalue weighted by Gasteiger charge is 2.37. The Hall–Kier alpha value is -5.50. The van der Waals surface area contributed by atoms with Gasteiger partial charge in [-0.1, -0.05) is 26.0 Å². The van der Waals surface area contributed by atoms with Crippen LogP contribution in [-0.2, 0) is 49.8 Å². The number of nitrogens with one attached hydrogen (secondary N) is 2. The highest BCUT2D eigenvalue weighted by molar-refractivity contribution is 5.98. The van der Waals surface area contributed by atoms with Gasteiger partial charge in [0.15, 0.2) is 0 Å². The molecule has 0 atom stereocenters. The lowest BCUT2D eigenvalue weighted by Gasteiger charge is -2.33. The van der Waals surface area contributed by atoms with Crippen molar-refractivity contribution in [2.75, 3.05) is 56.8 Å². The minimum atomic E-state index is -4.72. The summed E-state index contributed by atoms with van der Waals surface area (Å²) in [7, 11) is 3.34. The molecular weight excluding hydrogens is 863 g/mol. The van der Waals surface area contributed by atoms with E-state index in [4.69, 9.17) is 14.5 Å². The summed E-state index contributed by atoms with van der Waals surface area (Å²) in [5, 5.41) is 5.84. The second-order valence-electron chi connectivity index (χ2n) is 17.0. The molecule has 0 spiro atoms. The maximum absolute atomic E-state index is 13.0. The van der Waals surface area contributed by atoms with Gasteiger partial charge < -0.3 is 33.8 Å². The van der Waals surface area contributed by atoms with E-state index < -0.39 is 31.4 Å². The molecule has 1 amide bonds. The summed E-state index contributed by atoms with van der Waals surface area (Å²) in [5.74, 6) is 0.571. The number of ether oxygens (including phenoxy) is 4. The van der Waals surface area contributed by atoms with Gasteiger partial charge in [-0.3, -0.25) is 23.9 Å². The number of carbonyl (C=O) groups excluding carboxylic acids is 1. The summed E-state index contributed by atoms with van der Waals surface area (Å²) in [6, 6.07) is 14.5. The zero-order valence-electron chi connectivity index (χ0n) is 37.2. The monoisotopic (exact) mass is 916 g/mol. The van der Waals surface area contributed by atoms with Gasteiger partial charge in [0.25, 0.3) is 11.1 Å². The molecule has 5 heterocycles. The lowest BCUT2D eigenvalue weighted by atomic mass is 9.81. The molecule has 0 aliphatic carbocycles. The molecular formula is C46H54F6N6O7. The van der Waals surface area contributed by atoms with E-state index >= 15 is 0 Å². The number of anilines is 2. The van der Waals surface area contributed by atoms with Crippen LogP contribution in [0.25, 0.3) is 33.3 Å². The predicted molar refractivity (Wildman–Crippen MR) is 234 cm³/mol. The van der Waals surface area contributed by atoms with Gasteiger partial charge in [0.05, 0.1) is 41.0 Å². The first-order chi connectivity index (χ1) is 30.6. The van der Waals surface area contributed by atoms with Gasteiger partial charge in [0.1, 0.15) is 5.82 Å². The Morgan fingerprint density at radius 2 is 1.25 bits per heavy atom. The summed E-state index contributed by atoms with van der Waals surface area (Å²) in [5.41, 5.74) is 5.66. The molecule has 0 bridgehead atoms. The number of nitrogens with zero attached hydrogens (tertiary/aromatic N) is 4. The Labute approximate surface area is 371 Å². The Balaban J connectivity index is 0.000000215. The molecule has 2 aromatic carbocycles. The van der Waals surface area contributed by atoms with Crippen LogP contribution in [0.15, 0.2) is 70.5 Å². The number of benzene rings is 2. The Bertz CT molecular complexity index is 2550. The zero-order chi connectivity index (χ0) is 47.3. The minimum absolute atomic E-state index is 0.0253. The SMILES string of the molecule is Cc1cc(-c2ccc(NC(=O)C3(C)CCOCC3)c(NCCOC(F)(F)F)c2)cn(C)c1=O.Cc1cc(-c2ccc3nc(C4(C)CCOCC4)n(CCOC(F)(F)F)c3c2)cn(C)c1=O. The summed E-state index contributed by atoms with van der Waals surface area (Å²) >= 11 is 0. The second-order valence-corrected chi connectivity index (χ2v) is 17.0. The topological polar surface area (TPSA) is 140 Å². The van der Waals surface area contributed by atoms with Crippen LogP contribution >= 0.6 is 0 Å². The normalized spacial score (nSPS) is 16.2. The molecule has 352 valence electrons. The van der Waals surface area contributed by atoms with Gasteiger partial charge in [0.2, 0.25) is 5.91 Å². The smallest absolute Gasteiger partial charge is 0.381 e. The third kappa shape index (κ3) is 12.2. The number of imidazole rings is 1. The summed E-state index contributed by atoms with van der Waals surface area (Å²) in [4.78, 5) is 41.9. The number of pyridine rings is 2. The number of hydrogen-bond acceptors (Lipinski definition) is 9. The van der Waals surface area contributed by atoms with E-state index in [1.165, 1.54) is 9.13 Å². The molecule has 65 heavy (non-hydrogen) atoms. The third-order valence-corrected chi connectivity index (χ3v) is 12.0. The van der Waals surface area contributed by atoms with E-state index in [0.29, 0.717) is 67.3 Å². The van der Waals surface area contributed by atoms with Crippen LogP contribution in [0.5, 0.6) is 0 Å². The average molecular weight is 917 g/mol. The van der Waals surface area contributed by atoms with E-state index in [2.05, 4.69) is 27.0 Å². The van der Waals surface area contributed by atoms with Crippen molar-refractivity contribution < 1.29 is 50.1 Å². The first kappa shape index (κ1) is 48.9. The van der Waals surface area contributed by atoms with Crippen molar-refractivity contribution in [1.82, 2.24) is 18.7 Å². The molecule has 0 saturated carbocycles. The third-order valence-electron chi connectivity index (χ3n) is 12.0. The van der Waals surface area contributed by atoms with Crippen LogP contribution < -0.4 is 21.8 Å². The predicted octanol–water partition coefficient (Wildman–Crippen LogP) is 8.38. The molecule has 0 unspecified atom stereocenters. The summed E-state index contributed by atoms with van der Waals surface area (Å²) < 4.78 is 98.5. The fraction of sp³-hybridized carbons (Fsp3) is 0.478. The van der Waals surface area contributed by atoms with E-state index in [1.54, 1.807) is 64.6 Å². The highest BCUT2D eigenvalue weighted by atomic mass is 19.4. The fourth-order valence-corrected chi connectivity index (χ4v) is 8.01. The molecule has 2 fully saturated rings. The van der Waals surface area contributed by atoms with Crippen molar-refractivity contribution in [2.45, 2.75) is 78.1 Å². The van der Waals surface area contributed by atoms with Gasteiger partial charge in [0, 0.05) is 82.5 Å². The lowest BCUT2D eigenvalue weighted by Crippen LogP contribution is -2.38. The van der Waals surface area contributed by atoms with Crippen LogP contribution in [0, 0.1) is 19.3 Å². The number of fused-ring (bicyclic) bond motifs is 1. The molecule has 13 nitrogen and oxygen atoms in total. The Morgan fingerprint density at radius 3 is 1.80 bits per heavy atom. The number of alkyl halides is 6. The molecule has 3 aromatic heterocycles. The molecule has 0 radical (unpaired) electrons. The zero-order valence-corrected chi connectivity index (χ0v) is 37.2. The molecule has 2 N–H and O–H groups in total. The summed E-state index contributed by atoms with van der Waals surface area (Å²) in [6.07, 6.45) is -3.33. The van der Waals surface area contributed by atoms with E-state index in [0.717, 1.165) is 46.4 Å². The largest absolute Gasteiger partial charge is 0.522 e. The standard InChI is InChI=1S/C23H28F3N3O4.C23H26F3N3O3/c1-15-12-17(14-29(3)20(15)30)16-4-5-18(19(13-16)27-8-11-33-23(24,25)26)28-21(31)22(2)6-9-32-10-7-22;1-15-12-17(14-28(3)20(15)30)16-4-5-18-19(13-16)29(8-11-32-23(24,25)26)21(27-18)22(2)6-9-31-10-7-22/h4-5,12-14,27H,6-11H2,1-3H3,(H,28,31);4-5,12-14H,6-11H2,1-3H3. The molecule has 2 aliphatic heterocycles.